The Morgan fingerprint density at radius 1 is 1.35 bits per heavy atom. The highest BCUT2D eigenvalue weighted by Gasteiger charge is 2.40. The van der Waals surface area contributed by atoms with Crippen LogP contribution in [-0.2, 0) is 13.9 Å². The Morgan fingerprint density at radius 2 is 2.00 bits per heavy atom. The number of ether oxygens (including phenoxy) is 2. The lowest BCUT2D eigenvalue weighted by molar-refractivity contribution is -0.0555. The van der Waals surface area contributed by atoms with Crippen molar-refractivity contribution in [3.63, 3.8) is 0 Å². The summed E-state index contributed by atoms with van der Waals surface area (Å²) in [6.07, 6.45) is 8.16. The Bertz CT molecular complexity index is 471. The molecule has 0 saturated heterocycles. The zero-order valence-corrected chi connectivity index (χ0v) is 17.0. The molecule has 0 radical (unpaired) electrons. The van der Waals surface area contributed by atoms with E-state index in [1.807, 2.05) is 6.08 Å². The van der Waals surface area contributed by atoms with Crippen molar-refractivity contribution >= 4 is 8.32 Å². The van der Waals surface area contributed by atoms with Crippen molar-refractivity contribution in [3.05, 3.63) is 36.1 Å². The summed E-state index contributed by atoms with van der Waals surface area (Å²) in [6.45, 7) is 18.4. The normalized spacial score (nSPS) is 22.4. The first-order valence-electron chi connectivity index (χ1n) is 8.32. The van der Waals surface area contributed by atoms with Crippen LogP contribution in [0.25, 0.3) is 0 Å². The average Bonchev–Trinajstić information content (AvgIpc) is 2.41. The monoisotopic (exact) mass is 338 g/mol. The Morgan fingerprint density at radius 3 is 2.48 bits per heavy atom. The third-order valence-electron chi connectivity index (χ3n) is 4.94. The fourth-order valence-electron chi connectivity index (χ4n) is 2.53. The number of rotatable bonds is 8. The molecule has 1 rings (SSSR count). The van der Waals surface area contributed by atoms with Crippen molar-refractivity contribution in [2.24, 2.45) is 5.41 Å². The Hall–Kier alpha value is -0.843. The number of hydrogen-bond acceptors (Lipinski definition) is 3. The van der Waals surface area contributed by atoms with E-state index in [1.165, 1.54) is 5.57 Å². The second kappa shape index (κ2) is 7.82. The van der Waals surface area contributed by atoms with E-state index in [1.54, 1.807) is 7.11 Å². The first-order valence-corrected chi connectivity index (χ1v) is 11.2. The van der Waals surface area contributed by atoms with Gasteiger partial charge in [-0.3, -0.25) is 0 Å². The van der Waals surface area contributed by atoms with E-state index < -0.39 is 8.32 Å². The van der Waals surface area contributed by atoms with Crippen molar-refractivity contribution in [1.82, 2.24) is 0 Å². The first-order chi connectivity index (χ1) is 10.6. The van der Waals surface area contributed by atoms with Gasteiger partial charge in [-0.2, -0.15) is 0 Å². The van der Waals surface area contributed by atoms with Crippen LogP contribution >= 0.6 is 0 Å². The van der Waals surface area contributed by atoms with Gasteiger partial charge in [-0.25, -0.2) is 0 Å². The number of methoxy groups -OCH3 is 1. The van der Waals surface area contributed by atoms with Crippen molar-refractivity contribution in [3.8, 4) is 0 Å². The van der Waals surface area contributed by atoms with Crippen molar-refractivity contribution in [2.75, 3.05) is 20.5 Å². The van der Waals surface area contributed by atoms with Gasteiger partial charge in [0.05, 0.1) is 6.61 Å². The van der Waals surface area contributed by atoms with Crippen LogP contribution in [0.3, 0.4) is 0 Å². The molecule has 0 spiro atoms. The largest absolute Gasteiger partial charge is 0.544 e. The van der Waals surface area contributed by atoms with Crippen molar-refractivity contribution in [2.45, 2.75) is 58.7 Å². The molecule has 0 aliphatic heterocycles. The molecular weight excluding hydrogens is 304 g/mol. The second-order valence-corrected chi connectivity index (χ2v) is 12.9. The zero-order valence-electron chi connectivity index (χ0n) is 16.0. The molecule has 4 heteroatoms. The highest BCUT2D eigenvalue weighted by atomic mass is 28.4. The van der Waals surface area contributed by atoms with Crippen LogP contribution in [0.2, 0.25) is 18.1 Å². The van der Waals surface area contributed by atoms with Gasteiger partial charge in [-0.1, -0.05) is 32.9 Å². The summed E-state index contributed by atoms with van der Waals surface area (Å²) < 4.78 is 17.1. The lowest BCUT2D eigenvalue weighted by atomic mass is 9.76. The molecule has 0 bridgehead atoms. The third kappa shape index (κ3) is 5.33. The molecule has 1 atom stereocenters. The molecule has 23 heavy (non-hydrogen) atoms. The number of hydrogen-bond donors (Lipinski definition) is 0. The quantitative estimate of drug-likeness (QED) is 0.256. The molecule has 1 unspecified atom stereocenters. The van der Waals surface area contributed by atoms with E-state index in [0.717, 1.165) is 18.6 Å². The van der Waals surface area contributed by atoms with Gasteiger partial charge in [0.25, 0.3) is 0 Å². The molecule has 0 fully saturated rings. The topological polar surface area (TPSA) is 27.7 Å². The van der Waals surface area contributed by atoms with Crippen molar-refractivity contribution < 1.29 is 13.9 Å². The standard InChI is InChI=1S/C19H34O3Si/c1-9-11-19(14-21-15-20-6)12-10-17(16(2)13-19)22-23(7,8)18(3,4)5/h9-10,12H,1,11,13-15H2,2-8H3. The maximum absolute atomic E-state index is 6.49. The van der Waals surface area contributed by atoms with Crippen LogP contribution in [0, 0.1) is 5.41 Å². The van der Waals surface area contributed by atoms with Crippen LogP contribution in [0.4, 0.5) is 0 Å². The third-order valence-corrected chi connectivity index (χ3v) is 9.28. The molecule has 0 aromatic carbocycles. The summed E-state index contributed by atoms with van der Waals surface area (Å²) in [5.74, 6) is 1.04. The minimum atomic E-state index is -1.81. The summed E-state index contributed by atoms with van der Waals surface area (Å²) >= 11 is 0. The summed E-state index contributed by atoms with van der Waals surface area (Å²) in [4.78, 5) is 0. The highest BCUT2D eigenvalue weighted by molar-refractivity contribution is 6.74. The molecule has 0 aromatic heterocycles. The molecule has 3 nitrogen and oxygen atoms in total. The molecule has 0 heterocycles. The zero-order chi connectivity index (χ0) is 17.7. The van der Waals surface area contributed by atoms with E-state index >= 15 is 0 Å². The van der Waals surface area contributed by atoms with E-state index in [9.17, 15) is 0 Å². The molecule has 1 aliphatic rings. The van der Waals surface area contributed by atoms with Crippen LogP contribution < -0.4 is 0 Å². The maximum Gasteiger partial charge on any atom is 0.250 e. The molecule has 1 aliphatic carbocycles. The van der Waals surface area contributed by atoms with Crippen LogP contribution in [-0.4, -0.2) is 28.8 Å². The minimum absolute atomic E-state index is 0.0370. The summed E-state index contributed by atoms with van der Waals surface area (Å²) in [6, 6.07) is 0. The Balaban J connectivity index is 2.89. The average molecular weight is 339 g/mol. The van der Waals surface area contributed by atoms with E-state index in [-0.39, 0.29) is 10.5 Å². The molecular formula is C19H34O3Si. The van der Waals surface area contributed by atoms with Crippen molar-refractivity contribution in [1.29, 1.82) is 0 Å². The predicted octanol–water partition coefficient (Wildman–Crippen LogP) is 5.43. The molecule has 0 N–H and O–H groups in total. The maximum atomic E-state index is 6.49. The lowest BCUT2D eigenvalue weighted by Gasteiger charge is -2.40. The summed E-state index contributed by atoms with van der Waals surface area (Å²) in [5, 5.41) is 0.200. The first kappa shape index (κ1) is 20.2. The molecule has 132 valence electrons. The minimum Gasteiger partial charge on any atom is -0.544 e. The van der Waals surface area contributed by atoms with Gasteiger partial charge in [0.2, 0.25) is 8.32 Å². The molecule has 0 saturated carbocycles. The number of allylic oxidation sites excluding steroid dienone is 3. The summed E-state index contributed by atoms with van der Waals surface area (Å²) in [7, 11) is -0.165. The Labute approximate surface area is 143 Å². The van der Waals surface area contributed by atoms with Gasteiger partial charge in [0, 0.05) is 12.5 Å². The van der Waals surface area contributed by atoms with Gasteiger partial charge < -0.3 is 13.9 Å². The van der Waals surface area contributed by atoms with E-state index in [4.69, 9.17) is 13.9 Å². The van der Waals surface area contributed by atoms with Gasteiger partial charge in [-0.15, -0.1) is 6.58 Å². The fourth-order valence-corrected chi connectivity index (χ4v) is 3.63. The van der Waals surface area contributed by atoms with E-state index in [2.05, 4.69) is 59.5 Å². The fraction of sp³-hybridized carbons (Fsp3) is 0.684. The molecule has 0 amide bonds. The second-order valence-electron chi connectivity index (χ2n) is 8.13. The SMILES string of the molecule is C=CCC1(COCOC)C=CC(O[Si](C)(C)C(C)(C)C)=C(C)C1. The summed E-state index contributed by atoms with van der Waals surface area (Å²) in [5.41, 5.74) is 1.25. The van der Waals surface area contributed by atoms with Crippen LogP contribution in [0.15, 0.2) is 36.1 Å². The van der Waals surface area contributed by atoms with Gasteiger partial charge in [0.15, 0.2) is 0 Å². The van der Waals surface area contributed by atoms with Crippen LogP contribution in [0.5, 0.6) is 0 Å². The van der Waals surface area contributed by atoms with Gasteiger partial charge in [-0.05, 0) is 49.5 Å². The van der Waals surface area contributed by atoms with Crippen LogP contribution in [0.1, 0.15) is 40.5 Å². The lowest BCUT2D eigenvalue weighted by Crippen LogP contribution is -2.41. The Kier molecular flexibility index (Phi) is 6.87. The van der Waals surface area contributed by atoms with E-state index in [0.29, 0.717) is 13.4 Å². The predicted molar refractivity (Wildman–Crippen MR) is 99.8 cm³/mol. The van der Waals surface area contributed by atoms with Gasteiger partial charge >= 0.3 is 0 Å². The molecule has 0 aromatic rings. The highest BCUT2D eigenvalue weighted by Crippen LogP contribution is 2.42. The van der Waals surface area contributed by atoms with Gasteiger partial charge in [0.1, 0.15) is 12.6 Å². The smallest absolute Gasteiger partial charge is 0.250 e.